The first kappa shape index (κ1) is 19.3. The van der Waals surface area contributed by atoms with E-state index in [1.165, 1.54) is 23.3 Å². The molecule has 1 atom stereocenters. The Morgan fingerprint density at radius 3 is 2.92 bits per heavy atom. The molecule has 0 spiro atoms. The predicted octanol–water partition coefficient (Wildman–Crippen LogP) is 1.43. The first-order valence-electron chi connectivity index (χ1n) is 8.24. The van der Waals surface area contributed by atoms with Crippen molar-refractivity contribution in [2.45, 2.75) is 38.2 Å². The fraction of sp³-hybridized carbons (Fsp3) is 0.625. The van der Waals surface area contributed by atoms with E-state index in [4.69, 9.17) is 4.74 Å². The Bertz CT molecular complexity index is 572. The normalized spacial score (nSPS) is 16.4. The summed E-state index contributed by atoms with van der Waals surface area (Å²) in [5, 5.41) is 4.94. The molecule has 1 aromatic heterocycles. The lowest BCUT2D eigenvalue weighted by Gasteiger charge is -2.25. The Hall–Kier alpha value is -2.00. The molecule has 0 bridgehead atoms. The zero-order valence-electron chi connectivity index (χ0n) is 14.2. The van der Waals surface area contributed by atoms with Gasteiger partial charge in [-0.05, 0) is 19.3 Å². The van der Waals surface area contributed by atoms with Crippen molar-refractivity contribution < 1.29 is 23.9 Å². The summed E-state index contributed by atoms with van der Waals surface area (Å²) in [4.78, 5) is 41.3. The van der Waals surface area contributed by atoms with Crippen molar-refractivity contribution in [3.63, 3.8) is 0 Å². The monoisotopic (exact) mass is 369 g/mol. The maximum atomic E-state index is 12.5. The van der Waals surface area contributed by atoms with Crippen molar-refractivity contribution in [1.29, 1.82) is 0 Å². The van der Waals surface area contributed by atoms with Gasteiger partial charge >= 0.3 is 5.97 Å². The number of methoxy groups -OCH3 is 1. The summed E-state index contributed by atoms with van der Waals surface area (Å²) in [5.41, 5.74) is 0. The average molecular weight is 369 g/mol. The molecule has 1 unspecified atom stereocenters. The van der Waals surface area contributed by atoms with Gasteiger partial charge in [-0.25, -0.2) is 4.98 Å². The Morgan fingerprint density at radius 2 is 2.28 bits per heavy atom. The third-order valence-electron chi connectivity index (χ3n) is 3.81. The first-order valence-corrected chi connectivity index (χ1v) is 9.12. The van der Waals surface area contributed by atoms with Gasteiger partial charge < -0.3 is 19.7 Å². The Kier molecular flexibility index (Phi) is 7.80. The van der Waals surface area contributed by atoms with Gasteiger partial charge in [0.25, 0.3) is 0 Å². The second-order valence-corrected chi connectivity index (χ2v) is 6.62. The molecule has 0 aromatic carbocycles. The van der Waals surface area contributed by atoms with Gasteiger partial charge in [0.15, 0.2) is 5.13 Å². The molecule has 9 heteroatoms. The zero-order valence-corrected chi connectivity index (χ0v) is 15.0. The van der Waals surface area contributed by atoms with E-state index >= 15 is 0 Å². The number of amides is 2. The molecule has 1 aromatic rings. The second-order valence-electron chi connectivity index (χ2n) is 5.72. The van der Waals surface area contributed by atoms with Crippen molar-refractivity contribution in [3.8, 4) is 0 Å². The van der Waals surface area contributed by atoms with E-state index in [9.17, 15) is 14.4 Å². The summed E-state index contributed by atoms with van der Waals surface area (Å²) >= 11 is 1.32. The maximum Gasteiger partial charge on any atom is 0.305 e. The summed E-state index contributed by atoms with van der Waals surface area (Å²) in [7, 11) is 1.32. The average Bonchev–Trinajstić information content (AvgIpc) is 3.27. The number of carbonyl (C=O) groups excluding carboxylic acids is 3. The molecule has 1 fully saturated rings. The summed E-state index contributed by atoms with van der Waals surface area (Å²) < 4.78 is 10.1. The molecule has 2 amide bonds. The number of carbonyl (C=O) groups is 3. The first-order chi connectivity index (χ1) is 12.1. The van der Waals surface area contributed by atoms with E-state index in [1.54, 1.807) is 11.6 Å². The van der Waals surface area contributed by atoms with Crippen LogP contribution in [-0.4, -0.2) is 60.6 Å². The number of thiazole rings is 1. The summed E-state index contributed by atoms with van der Waals surface area (Å²) in [6.45, 7) is 0.999. The second kappa shape index (κ2) is 10.1. The predicted molar refractivity (Wildman–Crippen MR) is 92.2 cm³/mol. The van der Waals surface area contributed by atoms with Crippen LogP contribution in [0.4, 0.5) is 5.13 Å². The maximum absolute atomic E-state index is 12.5. The number of aromatic nitrogens is 1. The van der Waals surface area contributed by atoms with Crippen LogP contribution >= 0.6 is 11.3 Å². The van der Waals surface area contributed by atoms with Crippen molar-refractivity contribution in [2.75, 3.05) is 32.1 Å². The Labute approximate surface area is 150 Å². The molecule has 1 saturated heterocycles. The van der Waals surface area contributed by atoms with Gasteiger partial charge in [-0.15, -0.1) is 11.3 Å². The molecular weight excluding hydrogens is 346 g/mol. The van der Waals surface area contributed by atoms with Crippen molar-refractivity contribution in [1.82, 2.24) is 9.88 Å². The largest absolute Gasteiger partial charge is 0.469 e. The minimum Gasteiger partial charge on any atom is -0.469 e. The summed E-state index contributed by atoms with van der Waals surface area (Å²) in [5.74, 6) is -0.817. The van der Waals surface area contributed by atoms with E-state index in [1.807, 2.05) is 0 Å². The van der Waals surface area contributed by atoms with Crippen LogP contribution in [-0.2, 0) is 23.9 Å². The van der Waals surface area contributed by atoms with Crippen LogP contribution in [0.5, 0.6) is 0 Å². The highest BCUT2D eigenvalue weighted by Gasteiger charge is 2.24. The minimum absolute atomic E-state index is 0.0442. The van der Waals surface area contributed by atoms with E-state index in [0.29, 0.717) is 24.7 Å². The van der Waals surface area contributed by atoms with Crippen LogP contribution in [0, 0.1) is 0 Å². The van der Waals surface area contributed by atoms with Crippen LogP contribution in [0.1, 0.15) is 32.1 Å². The van der Waals surface area contributed by atoms with Crippen molar-refractivity contribution in [2.24, 2.45) is 0 Å². The number of ether oxygens (including phenoxy) is 2. The highest BCUT2D eigenvalue weighted by Crippen LogP contribution is 2.15. The smallest absolute Gasteiger partial charge is 0.305 e. The number of nitrogens with one attached hydrogen (secondary N) is 1. The van der Waals surface area contributed by atoms with Crippen LogP contribution in [0.2, 0.25) is 0 Å². The van der Waals surface area contributed by atoms with Gasteiger partial charge in [0, 0.05) is 37.6 Å². The fourth-order valence-corrected chi connectivity index (χ4v) is 3.10. The van der Waals surface area contributed by atoms with Crippen LogP contribution in [0.15, 0.2) is 11.6 Å². The molecular formula is C16H23N3O5S. The van der Waals surface area contributed by atoms with E-state index in [0.717, 1.165) is 12.8 Å². The molecule has 2 rings (SSSR count). The fourth-order valence-electron chi connectivity index (χ4n) is 2.55. The number of nitrogens with zero attached hydrogens (tertiary/aromatic N) is 2. The zero-order chi connectivity index (χ0) is 18.1. The van der Waals surface area contributed by atoms with Crippen molar-refractivity contribution in [3.05, 3.63) is 11.6 Å². The molecule has 1 aliphatic heterocycles. The number of hydrogen-bond acceptors (Lipinski definition) is 7. The minimum atomic E-state index is -0.347. The topological polar surface area (TPSA) is 97.8 Å². The van der Waals surface area contributed by atoms with Crippen LogP contribution in [0.3, 0.4) is 0 Å². The molecule has 2 heterocycles. The standard InChI is InChI=1S/C16H23N3O5S/c1-23-15(22)6-2-5-14(21)19(10-12-4-3-8-24-12)11-13(20)18-16-17-7-9-25-16/h7,9,12H,2-6,8,10-11H2,1H3,(H,17,18,20). The van der Waals surface area contributed by atoms with E-state index in [-0.39, 0.29) is 43.3 Å². The van der Waals surface area contributed by atoms with Crippen LogP contribution in [0.25, 0.3) is 0 Å². The highest BCUT2D eigenvalue weighted by atomic mass is 32.1. The third-order valence-corrected chi connectivity index (χ3v) is 4.50. The Balaban J connectivity index is 1.87. The number of esters is 1. The third kappa shape index (κ3) is 6.79. The quantitative estimate of drug-likeness (QED) is 0.661. The Morgan fingerprint density at radius 1 is 1.44 bits per heavy atom. The van der Waals surface area contributed by atoms with Crippen molar-refractivity contribution >= 4 is 34.3 Å². The van der Waals surface area contributed by atoms with Gasteiger partial charge in [0.1, 0.15) is 6.54 Å². The molecule has 138 valence electrons. The molecule has 25 heavy (non-hydrogen) atoms. The summed E-state index contributed by atoms with van der Waals surface area (Å²) in [6.07, 6.45) is 4.15. The lowest BCUT2D eigenvalue weighted by Crippen LogP contribution is -2.42. The molecule has 0 radical (unpaired) electrons. The van der Waals surface area contributed by atoms with E-state index < -0.39 is 0 Å². The SMILES string of the molecule is COC(=O)CCCC(=O)N(CC(=O)Nc1nccs1)CC1CCCO1. The summed E-state index contributed by atoms with van der Waals surface area (Å²) in [6, 6.07) is 0. The number of rotatable bonds is 9. The lowest BCUT2D eigenvalue weighted by atomic mass is 10.2. The van der Waals surface area contributed by atoms with Gasteiger partial charge in [-0.2, -0.15) is 0 Å². The highest BCUT2D eigenvalue weighted by molar-refractivity contribution is 7.13. The molecule has 8 nitrogen and oxygen atoms in total. The number of anilines is 1. The molecule has 0 aliphatic carbocycles. The number of hydrogen-bond donors (Lipinski definition) is 1. The van der Waals surface area contributed by atoms with Gasteiger partial charge in [-0.3, -0.25) is 14.4 Å². The molecule has 1 N–H and O–H groups in total. The van der Waals surface area contributed by atoms with Gasteiger partial charge in [0.05, 0.1) is 13.2 Å². The van der Waals surface area contributed by atoms with Crippen LogP contribution < -0.4 is 5.32 Å². The molecule has 1 aliphatic rings. The molecule has 0 saturated carbocycles. The van der Waals surface area contributed by atoms with Gasteiger partial charge in [0.2, 0.25) is 11.8 Å². The van der Waals surface area contributed by atoms with E-state index in [2.05, 4.69) is 15.0 Å². The van der Waals surface area contributed by atoms with Gasteiger partial charge in [-0.1, -0.05) is 0 Å². The lowest BCUT2D eigenvalue weighted by molar-refractivity contribution is -0.141.